The molecule has 0 radical (unpaired) electrons. The Morgan fingerprint density at radius 2 is 2.33 bits per heavy atom. The van der Waals surface area contributed by atoms with Crippen molar-refractivity contribution < 1.29 is 13.9 Å². The van der Waals surface area contributed by atoms with Gasteiger partial charge in [-0.05, 0) is 25.1 Å². The molecule has 1 N–H and O–H groups in total. The van der Waals surface area contributed by atoms with Gasteiger partial charge in [0.1, 0.15) is 5.82 Å². The second-order valence-electron chi connectivity index (χ2n) is 4.65. The SMILES string of the molecule is CCN1c2cc(F)ccc2NC(=O)C2COCC21. The number of likely N-dealkylation sites (N-methyl/N-ethyl adjacent to an activating group) is 1. The fourth-order valence-electron chi connectivity index (χ4n) is 2.76. The van der Waals surface area contributed by atoms with Crippen LogP contribution in [0.1, 0.15) is 6.92 Å². The van der Waals surface area contributed by atoms with Gasteiger partial charge in [0.25, 0.3) is 0 Å². The van der Waals surface area contributed by atoms with E-state index in [0.717, 1.165) is 12.2 Å². The van der Waals surface area contributed by atoms with Crippen molar-refractivity contribution in [1.29, 1.82) is 0 Å². The summed E-state index contributed by atoms with van der Waals surface area (Å²) in [6.07, 6.45) is 0. The third-order valence-corrected chi connectivity index (χ3v) is 3.66. The average molecular weight is 250 g/mol. The predicted octanol–water partition coefficient (Wildman–Crippen LogP) is 1.62. The molecule has 0 saturated carbocycles. The lowest BCUT2D eigenvalue weighted by atomic mass is 10.0. The number of hydrogen-bond acceptors (Lipinski definition) is 3. The molecule has 1 fully saturated rings. The molecule has 1 aromatic carbocycles. The Hall–Kier alpha value is -1.62. The fourth-order valence-corrected chi connectivity index (χ4v) is 2.76. The lowest BCUT2D eigenvalue weighted by Gasteiger charge is -2.30. The number of benzene rings is 1. The van der Waals surface area contributed by atoms with Crippen molar-refractivity contribution in [1.82, 2.24) is 0 Å². The van der Waals surface area contributed by atoms with E-state index < -0.39 is 0 Å². The van der Waals surface area contributed by atoms with Crippen molar-refractivity contribution in [2.45, 2.75) is 13.0 Å². The van der Waals surface area contributed by atoms with E-state index >= 15 is 0 Å². The summed E-state index contributed by atoms with van der Waals surface area (Å²) in [5, 5.41) is 2.86. The van der Waals surface area contributed by atoms with Crippen LogP contribution in [0.25, 0.3) is 0 Å². The molecule has 0 bridgehead atoms. The third kappa shape index (κ3) is 1.66. The average Bonchev–Trinajstić information content (AvgIpc) is 2.79. The summed E-state index contributed by atoms with van der Waals surface area (Å²) in [6.45, 7) is 3.67. The standard InChI is InChI=1S/C13H15FN2O2/c1-2-16-11-5-8(14)3-4-10(11)15-13(17)9-6-18-7-12(9)16/h3-5,9,12H,2,6-7H2,1H3,(H,15,17). The van der Waals surface area contributed by atoms with Gasteiger partial charge in [-0.1, -0.05) is 0 Å². The molecule has 2 atom stereocenters. The smallest absolute Gasteiger partial charge is 0.232 e. The molecule has 96 valence electrons. The Morgan fingerprint density at radius 1 is 1.50 bits per heavy atom. The lowest BCUT2D eigenvalue weighted by molar-refractivity contribution is -0.120. The summed E-state index contributed by atoms with van der Waals surface area (Å²) in [7, 11) is 0. The highest BCUT2D eigenvalue weighted by Gasteiger charge is 2.40. The van der Waals surface area contributed by atoms with E-state index in [1.165, 1.54) is 12.1 Å². The van der Waals surface area contributed by atoms with Gasteiger partial charge in [-0.2, -0.15) is 0 Å². The van der Waals surface area contributed by atoms with E-state index in [-0.39, 0.29) is 23.7 Å². The molecule has 0 aliphatic carbocycles. The second kappa shape index (κ2) is 4.24. The van der Waals surface area contributed by atoms with E-state index in [1.54, 1.807) is 6.07 Å². The minimum absolute atomic E-state index is 0.00181. The Labute approximate surface area is 105 Å². The zero-order valence-electron chi connectivity index (χ0n) is 10.1. The highest BCUT2D eigenvalue weighted by atomic mass is 19.1. The summed E-state index contributed by atoms with van der Waals surface area (Å²) < 4.78 is 18.8. The number of amides is 1. The zero-order valence-corrected chi connectivity index (χ0v) is 10.1. The maximum absolute atomic E-state index is 13.4. The molecule has 1 saturated heterocycles. The van der Waals surface area contributed by atoms with Crippen molar-refractivity contribution in [2.24, 2.45) is 5.92 Å². The minimum Gasteiger partial charge on any atom is -0.378 e. The number of ether oxygens (including phenoxy) is 1. The van der Waals surface area contributed by atoms with Crippen molar-refractivity contribution >= 4 is 17.3 Å². The Bertz CT molecular complexity index is 492. The van der Waals surface area contributed by atoms with Gasteiger partial charge in [0, 0.05) is 6.54 Å². The van der Waals surface area contributed by atoms with Crippen LogP contribution in [0.3, 0.4) is 0 Å². The first-order valence-corrected chi connectivity index (χ1v) is 6.15. The van der Waals surface area contributed by atoms with E-state index in [4.69, 9.17) is 4.74 Å². The van der Waals surface area contributed by atoms with Gasteiger partial charge in [0.15, 0.2) is 0 Å². The maximum Gasteiger partial charge on any atom is 0.232 e. The van der Waals surface area contributed by atoms with Crippen molar-refractivity contribution in [3.05, 3.63) is 24.0 Å². The van der Waals surface area contributed by atoms with Crippen LogP contribution in [-0.2, 0) is 9.53 Å². The quantitative estimate of drug-likeness (QED) is 0.823. The molecule has 3 rings (SSSR count). The van der Waals surface area contributed by atoms with Crippen LogP contribution in [0.5, 0.6) is 0 Å². The van der Waals surface area contributed by atoms with Gasteiger partial charge in [0.2, 0.25) is 5.91 Å². The molecular weight excluding hydrogens is 235 g/mol. The summed E-state index contributed by atoms with van der Waals surface area (Å²) in [5.41, 5.74) is 1.42. The number of nitrogens with zero attached hydrogens (tertiary/aromatic N) is 1. The number of hydrogen-bond donors (Lipinski definition) is 1. The number of carbonyl (C=O) groups excluding carboxylic acids is 1. The largest absolute Gasteiger partial charge is 0.378 e. The molecule has 0 aromatic heterocycles. The molecule has 1 amide bonds. The minimum atomic E-state index is -0.293. The number of fused-ring (bicyclic) bond motifs is 2. The van der Waals surface area contributed by atoms with Crippen LogP contribution in [0.2, 0.25) is 0 Å². The molecule has 2 aliphatic heterocycles. The van der Waals surface area contributed by atoms with Crippen molar-refractivity contribution in [3.63, 3.8) is 0 Å². The first kappa shape index (κ1) is 11.5. The molecule has 0 spiro atoms. The molecular formula is C13H15FN2O2. The number of nitrogens with one attached hydrogen (secondary N) is 1. The fraction of sp³-hybridized carbons (Fsp3) is 0.462. The van der Waals surface area contributed by atoms with Gasteiger partial charge in [-0.15, -0.1) is 0 Å². The van der Waals surface area contributed by atoms with Crippen molar-refractivity contribution in [2.75, 3.05) is 30.0 Å². The van der Waals surface area contributed by atoms with E-state index in [2.05, 4.69) is 5.32 Å². The summed E-state index contributed by atoms with van der Waals surface area (Å²) in [5.74, 6) is -0.513. The summed E-state index contributed by atoms with van der Waals surface area (Å²) >= 11 is 0. The first-order chi connectivity index (χ1) is 8.70. The number of rotatable bonds is 1. The number of anilines is 2. The van der Waals surface area contributed by atoms with Crippen LogP contribution in [0.15, 0.2) is 18.2 Å². The Morgan fingerprint density at radius 3 is 3.11 bits per heavy atom. The van der Waals surface area contributed by atoms with Crippen LogP contribution in [-0.4, -0.2) is 31.7 Å². The van der Waals surface area contributed by atoms with Crippen LogP contribution in [0, 0.1) is 11.7 Å². The Balaban J connectivity index is 2.10. The second-order valence-corrected chi connectivity index (χ2v) is 4.65. The van der Waals surface area contributed by atoms with E-state index in [1.807, 2.05) is 11.8 Å². The molecule has 4 nitrogen and oxygen atoms in total. The van der Waals surface area contributed by atoms with Crippen molar-refractivity contribution in [3.8, 4) is 0 Å². The highest BCUT2D eigenvalue weighted by molar-refractivity contribution is 5.98. The van der Waals surface area contributed by atoms with Gasteiger partial charge in [-0.25, -0.2) is 4.39 Å². The highest BCUT2D eigenvalue weighted by Crippen LogP contribution is 2.35. The monoisotopic (exact) mass is 250 g/mol. The van der Waals surface area contributed by atoms with Gasteiger partial charge >= 0.3 is 0 Å². The summed E-state index contributed by atoms with van der Waals surface area (Å²) in [4.78, 5) is 14.1. The van der Waals surface area contributed by atoms with Crippen LogP contribution >= 0.6 is 0 Å². The maximum atomic E-state index is 13.4. The zero-order chi connectivity index (χ0) is 12.7. The van der Waals surface area contributed by atoms with Gasteiger partial charge < -0.3 is 15.0 Å². The molecule has 2 heterocycles. The topological polar surface area (TPSA) is 41.6 Å². The van der Waals surface area contributed by atoms with E-state index in [0.29, 0.717) is 18.9 Å². The first-order valence-electron chi connectivity index (χ1n) is 6.15. The molecule has 5 heteroatoms. The Kier molecular flexibility index (Phi) is 2.70. The van der Waals surface area contributed by atoms with E-state index in [9.17, 15) is 9.18 Å². The predicted molar refractivity (Wildman–Crippen MR) is 66.1 cm³/mol. The molecule has 1 aromatic rings. The summed E-state index contributed by atoms with van der Waals surface area (Å²) in [6, 6.07) is 4.45. The molecule has 2 unspecified atom stereocenters. The van der Waals surface area contributed by atoms with Crippen LogP contribution < -0.4 is 10.2 Å². The van der Waals surface area contributed by atoms with Gasteiger partial charge in [0.05, 0.1) is 36.5 Å². The normalized spacial score (nSPS) is 26.3. The number of halogens is 1. The third-order valence-electron chi connectivity index (χ3n) is 3.66. The molecule has 2 aliphatic rings. The molecule has 18 heavy (non-hydrogen) atoms. The van der Waals surface area contributed by atoms with Crippen LogP contribution in [0.4, 0.5) is 15.8 Å². The number of carbonyl (C=O) groups is 1. The lowest BCUT2D eigenvalue weighted by Crippen LogP contribution is -2.42. The van der Waals surface area contributed by atoms with Gasteiger partial charge in [-0.3, -0.25) is 4.79 Å².